The first-order chi connectivity index (χ1) is 9.02. The number of aromatic nitrogens is 3. The molecule has 0 bridgehead atoms. The number of nitrogens with zero attached hydrogens (tertiary/aromatic N) is 3. The van der Waals surface area contributed by atoms with Crippen LogP contribution in [0, 0.1) is 12.7 Å². The molecule has 2 aromatic rings. The van der Waals surface area contributed by atoms with Crippen LogP contribution in [0.15, 0.2) is 18.5 Å². The van der Waals surface area contributed by atoms with Gasteiger partial charge >= 0.3 is 0 Å². The smallest absolute Gasteiger partial charge is 0.142 e. The molecular formula is C14H17FN4. The van der Waals surface area contributed by atoms with E-state index in [2.05, 4.69) is 20.3 Å². The van der Waals surface area contributed by atoms with Crippen LogP contribution in [0.2, 0.25) is 0 Å². The number of rotatable bonds is 3. The molecule has 0 aliphatic carbocycles. The van der Waals surface area contributed by atoms with E-state index in [-0.39, 0.29) is 11.7 Å². The van der Waals surface area contributed by atoms with Gasteiger partial charge in [-0.25, -0.2) is 14.4 Å². The summed E-state index contributed by atoms with van der Waals surface area (Å²) in [6, 6.07) is 1.44. The third-order valence-corrected chi connectivity index (χ3v) is 2.89. The second kappa shape index (κ2) is 5.30. The highest BCUT2D eigenvalue weighted by molar-refractivity contribution is 5.67. The molecule has 0 aliphatic heterocycles. The number of halogens is 1. The van der Waals surface area contributed by atoms with Gasteiger partial charge in [0, 0.05) is 30.3 Å². The maximum atomic E-state index is 13.3. The Morgan fingerprint density at radius 3 is 2.53 bits per heavy atom. The fourth-order valence-corrected chi connectivity index (χ4v) is 1.86. The molecule has 0 saturated heterocycles. The zero-order valence-electron chi connectivity index (χ0n) is 11.5. The van der Waals surface area contributed by atoms with Crippen molar-refractivity contribution in [2.45, 2.75) is 26.7 Å². The molecule has 0 unspecified atom stereocenters. The molecule has 0 fully saturated rings. The van der Waals surface area contributed by atoms with Crippen molar-refractivity contribution in [2.75, 3.05) is 12.4 Å². The summed E-state index contributed by atoms with van der Waals surface area (Å²) in [5.74, 6) is 1.33. The first kappa shape index (κ1) is 13.4. The van der Waals surface area contributed by atoms with Gasteiger partial charge in [-0.1, -0.05) is 13.8 Å². The van der Waals surface area contributed by atoms with Gasteiger partial charge in [-0.05, 0) is 13.0 Å². The Bertz CT molecular complexity index is 596. The zero-order chi connectivity index (χ0) is 14.0. The predicted octanol–water partition coefficient (Wildman–Crippen LogP) is 3.15. The standard InChI is InChI=1S/C14H17FN4/c1-8(2)13-18-12(9(3)14(16-4)19-13)10-5-11(15)7-17-6-10/h5-8H,1-4H3,(H,16,18,19). The van der Waals surface area contributed by atoms with Crippen LogP contribution in [0.3, 0.4) is 0 Å². The summed E-state index contributed by atoms with van der Waals surface area (Å²) in [7, 11) is 1.81. The van der Waals surface area contributed by atoms with E-state index in [9.17, 15) is 4.39 Å². The molecule has 4 nitrogen and oxygen atoms in total. The summed E-state index contributed by atoms with van der Waals surface area (Å²) in [6.45, 7) is 5.96. The van der Waals surface area contributed by atoms with E-state index in [1.165, 1.54) is 12.3 Å². The predicted molar refractivity (Wildman–Crippen MR) is 73.6 cm³/mol. The van der Waals surface area contributed by atoms with Crippen LogP contribution in [-0.2, 0) is 0 Å². The molecule has 5 heteroatoms. The Morgan fingerprint density at radius 1 is 1.21 bits per heavy atom. The zero-order valence-corrected chi connectivity index (χ0v) is 11.5. The van der Waals surface area contributed by atoms with Crippen molar-refractivity contribution in [3.05, 3.63) is 35.7 Å². The van der Waals surface area contributed by atoms with E-state index in [0.717, 1.165) is 22.9 Å². The summed E-state index contributed by atoms with van der Waals surface area (Å²) in [5, 5.41) is 3.05. The highest BCUT2D eigenvalue weighted by atomic mass is 19.1. The summed E-state index contributed by atoms with van der Waals surface area (Å²) in [4.78, 5) is 12.9. The van der Waals surface area contributed by atoms with Crippen LogP contribution < -0.4 is 5.32 Å². The SMILES string of the molecule is CNc1nc(C(C)C)nc(-c2cncc(F)c2)c1C. The first-order valence-corrected chi connectivity index (χ1v) is 6.20. The molecule has 0 aromatic carbocycles. The fraction of sp³-hybridized carbons (Fsp3) is 0.357. The van der Waals surface area contributed by atoms with Crippen molar-refractivity contribution < 1.29 is 4.39 Å². The van der Waals surface area contributed by atoms with Gasteiger partial charge in [-0.15, -0.1) is 0 Å². The van der Waals surface area contributed by atoms with Gasteiger partial charge in [0.05, 0.1) is 11.9 Å². The van der Waals surface area contributed by atoms with Crippen LogP contribution in [0.4, 0.5) is 10.2 Å². The molecule has 0 saturated carbocycles. The van der Waals surface area contributed by atoms with Crippen LogP contribution in [0.1, 0.15) is 31.2 Å². The van der Waals surface area contributed by atoms with Gasteiger partial charge in [-0.2, -0.15) is 0 Å². The summed E-state index contributed by atoms with van der Waals surface area (Å²) >= 11 is 0. The number of hydrogen-bond donors (Lipinski definition) is 1. The van der Waals surface area contributed by atoms with Crippen molar-refractivity contribution in [2.24, 2.45) is 0 Å². The van der Waals surface area contributed by atoms with Gasteiger partial charge in [-0.3, -0.25) is 4.98 Å². The van der Waals surface area contributed by atoms with Crippen molar-refractivity contribution in [1.29, 1.82) is 0 Å². The highest BCUT2D eigenvalue weighted by Gasteiger charge is 2.14. The van der Waals surface area contributed by atoms with E-state index >= 15 is 0 Å². The normalized spacial score (nSPS) is 10.8. The van der Waals surface area contributed by atoms with Crippen LogP contribution >= 0.6 is 0 Å². The van der Waals surface area contributed by atoms with Crippen LogP contribution in [0.5, 0.6) is 0 Å². The second-order valence-electron chi connectivity index (χ2n) is 4.70. The molecule has 0 radical (unpaired) electrons. The lowest BCUT2D eigenvalue weighted by molar-refractivity contribution is 0.622. The quantitative estimate of drug-likeness (QED) is 0.921. The highest BCUT2D eigenvalue weighted by Crippen LogP contribution is 2.27. The molecule has 100 valence electrons. The van der Waals surface area contributed by atoms with Crippen molar-refractivity contribution in [3.8, 4) is 11.3 Å². The fourth-order valence-electron chi connectivity index (χ4n) is 1.86. The molecule has 0 amide bonds. The lowest BCUT2D eigenvalue weighted by Crippen LogP contribution is -2.06. The van der Waals surface area contributed by atoms with E-state index in [1.807, 2.05) is 27.8 Å². The molecule has 0 atom stereocenters. The molecule has 0 spiro atoms. The molecule has 2 heterocycles. The Kier molecular flexibility index (Phi) is 3.74. The minimum absolute atomic E-state index is 0.202. The first-order valence-electron chi connectivity index (χ1n) is 6.20. The maximum absolute atomic E-state index is 13.3. The van der Waals surface area contributed by atoms with Crippen LogP contribution in [-0.4, -0.2) is 22.0 Å². The van der Waals surface area contributed by atoms with Gasteiger partial charge in [0.2, 0.25) is 0 Å². The number of nitrogens with one attached hydrogen (secondary N) is 1. The summed E-state index contributed by atoms with van der Waals surface area (Å²) in [5.41, 5.74) is 2.27. The van der Waals surface area contributed by atoms with Crippen molar-refractivity contribution >= 4 is 5.82 Å². The van der Waals surface area contributed by atoms with E-state index < -0.39 is 0 Å². The lowest BCUT2D eigenvalue weighted by atomic mass is 10.1. The van der Waals surface area contributed by atoms with Gasteiger partial charge in [0.1, 0.15) is 17.5 Å². The maximum Gasteiger partial charge on any atom is 0.142 e. The number of pyridine rings is 1. The molecule has 1 N–H and O–H groups in total. The third-order valence-electron chi connectivity index (χ3n) is 2.89. The topological polar surface area (TPSA) is 50.7 Å². The Labute approximate surface area is 112 Å². The molecular weight excluding hydrogens is 243 g/mol. The Morgan fingerprint density at radius 2 is 1.95 bits per heavy atom. The monoisotopic (exact) mass is 260 g/mol. The van der Waals surface area contributed by atoms with Crippen molar-refractivity contribution in [1.82, 2.24) is 15.0 Å². The second-order valence-corrected chi connectivity index (χ2v) is 4.70. The summed E-state index contributed by atoms with van der Waals surface area (Å²) < 4.78 is 13.3. The average Bonchev–Trinajstić information content (AvgIpc) is 2.38. The molecule has 2 aromatic heterocycles. The molecule has 0 aliphatic rings. The minimum atomic E-state index is -0.368. The number of hydrogen-bond acceptors (Lipinski definition) is 4. The molecule has 19 heavy (non-hydrogen) atoms. The molecule has 2 rings (SSSR count). The van der Waals surface area contributed by atoms with Gasteiger partial charge in [0.25, 0.3) is 0 Å². The average molecular weight is 260 g/mol. The van der Waals surface area contributed by atoms with E-state index in [4.69, 9.17) is 0 Å². The van der Waals surface area contributed by atoms with Crippen molar-refractivity contribution in [3.63, 3.8) is 0 Å². The van der Waals surface area contributed by atoms with Gasteiger partial charge < -0.3 is 5.32 Å². The minimum Gasteiger partial charge on any atom is -0.373 e. The summed E-state index contributed by atoms with van der Waals surface area (Å²) in [6.07, 6.45) is 2.80. The number of anilines is 1. The lowest BCUT2D eigenvalue weighted by Gasteiger charge is -2.13. The van der Waals surface area contributed by atoms with E-state index in [1.54, 1.807) is 6.20 Å². The third kappa shape index (κ3) is 2.70. The van der Waals surface area contributed by atoms with Crippen LogP contribution in [0.25, 0.3) is 11.3 Å². The Hall–Kier alpha value is -2.04. The largest absolute Gasteiger partial charge is 0.373 e. The van der Waals surface area contributed by atoms with Gasteiger partial charge in [0.15, 0.2) is 0 Å². The van der Waals surface area contributed by atoms with E-state index in [0.29, 0.717) is 5.56 Å². The Balaban J connectivity index is 2.64.